The van der Waals surface area contributed by atoms with Crippen LogP contribution in [0.5, 0.6) is 0 Å². The number of esters is 1. The number of nitrogens with one attached hydrogen (secondary N) is 1. The van der Waals surface area contributed by atoms with Crippen LogP contribution in [0.15, 0.2) is 12.2 Å². The van der Waals surface area contributed by atoms with Gasteiger partial charge in [0.15, 0.2) is 0 Å². The first-order chi connectivity index (χ1) is 12.3. The molecule has 0 aliphatic heterocycles. The fourth-order valence-corrected chi connectivity index (χ4v) is 5.10. The van der Waals surface area contributed by atoms with Crippen LogP contribution in [0.3, 0.4) is 0 Å². The highest BCUT2D eigenvalue weighted by Gasteiger charge is 2.48. The lowest BCUT2D eigenvalue weighted by atomic mass is 9.62. The molecular weight excluding hydrogens is 354 g/mol. The molecule has 1 aromatic heterocycles. The molecule has 1 saturated carbocycles. The highest BCUT2D eigenvalue weighted by atomic mass is 32.1. The number of rotatable bonds is 5. The summed E-state index contributed by atoms with van der Waals surface area (Å²) in [6.45, 7) is 5.68. The van der Waals surface area contributed by atoms with Gasteiger partial charge in [-0.25, -0.2) is 4.79 Å². The molecule has 26 heavy (non-hydrogen) atoms. The molecule has 0 aromatic carbocycles. The number of aryl methyl sites for hydroxylation is 1. The molecule has 3 aliphatic carbocycles. The molecule has 140 valence electrons. The van der Waals surface area contributed by atoms with Gasteiger partial charge in [-0.1, -0.05) is 12.2 Å². The predicted octanol–water partition coefficient (Wildman–Crippen LogP) is 3.39. The normalized spacial score (nSPS) is 26.6. The summed E-state index contributed by atoms with van der Waals surface area (Å²) in [5, 5.41) is 12.9. The molecule has 0 spiro atoms. The van der Waals surface area contributed by atoms with Crippen LogP contribution < -0.4 is 5.32 Å². The van der Waals surface area contributed by atoms with Crippen molar-refractivity contribution in [1.29, 1.82) is 0 Å². The summed E-state index contributed by atoms with van der Waals surface area (Å²) in [5.41, 5.74) is 1.15. The van der Waals surface area contributed by atoms with E-state index in [-0.39, 0.29) is 24.3 Å². The van der Waals surface area contributed by atoms with Crippen molar-refractivity contribution >= 4 is 34.2 Å². The van der Waals surface area contributed by atoms with Crippen LogP contribution in [0, 0.1) is 37.5 Å². The van der Waals surface area contributed by atoms with Crippen LogP contribution in [0.4, 0.5) is 5.00 Å². The predicted molar refractivity (Wildman–Crippen MR) is 98.3 cm³/mol. The maximum Gasteiger partial charge on any atom is 0.341 e. The Labute approximate surface area is 156 Å². The van der Waals surface area contributed by atoms with Gasteiger partial charge in [-0.15, -0.1) is 11.3 Å². The highest BCUT2D eigenvalue weighted by molar-refractivity contribution is 7.16. The number of carbonyl (C=O) groups excluding carboxylic acids is 2. The van der Waals surface area contributed by atoms with E-state index in [4.69, 9.17) is 4.74 Å². The van der Waals surface area contributed by atoms with E-state index in [2.05, 4.69) is 5.32 Å². The maximum atomic E-state index is 13.0. The molecular formula is C19H23NO5S. The van der Waals surface area contributed by atoms with Crippen LogP contribution in [-0.2, 0) is 14.3 Å². The van der Waals surface area contributed by atoms with Crippen molar-refractivity contribution in [3.63, 3.8) is 0 Å². The number of carboxylic acid groups (broad SMARTS) is 1. The summed E-state index contributed by atoms with van der Waals surface area (Å²) in [7, 11) is 0. The minimum atomic E-state index is -0.937. The second kappa shape index (κ2) is 7.23. The number of allylic oxidation sites excluding steroid dienone is 2. The van der Waals surface area contributed by atoms with Crippen molar-refractivity contribution in [3.05, 3.63) is 28.2 Å². The van der Waals surface area contributed by atoms with Crippen LogP contribution in [0.2, 0.25) is 0 Å². The van der Waals surface area contributed by atoms with Crippen molar-refractivity contribution in [2.45, 2.75) is 33.6 Å². The van der Waals surface area contributed by atoms with Crippen LogP contribution >= 0.6 is 11.3 Å². The van der Waals surface area contributed by atoms with Gasteiger partial charge < -0.3 is 15.2 Å². The summed E-state index contributed by atoms with van der Waals surface area (Å²) in [5.74, 6) is -3.25. The van der Waals surface area contributed by atoms with E-state index in [9.17, 15) is 19.5 Å². The first-order valence-electron chi connectivity index (χ1n) is 8.84. The molecule has 0 radical (unpaired) electrons. The molecule has 0 saturated heterocycles. The average Bonchev–Trinajstić information content (AvgIpc) is 2.89. The Morgan fingerprint density at radius 3 is 2.35 bits per heavy atom. The molecule has 1 heterocycles. The minimum absolute atomic E-state index is 0.0747. The van der Waals surface area contributed by atoms with Gasteiger partial charge in [-0.3, -0.25) is 9.59 Å². The Kier molecular flexibility index (Phi) is 5.18. The smallest absolute Gasteiger partial charge is 0.341 e. The topological polar surface area (TPSA) is 92.7 Å². The Morgan fingerprint density at radius 1 is 1.19 bits per heavy atom. The fourth-order valence-electron chi connectivity index (χ4n) is 4.05. The van der Waals surface area contributed by atoms with Gasteiger partial charge in [-0.2, -0.15) is 0 Å². The largest absolute Gasteiger partial charge is 0.481 e. The quantitative estimate of drug-likeness (QED) is 0.606. The number of carbonyl (C=O) groups is 3. The zero-order valence-electron chi connectivity index (χ0n) is 15.1. The second-order valence-corrected chi connectivity index (χ2v) is 8.10. The van der Waals surface area contributed by atoms with Gasteiger partial charge in [-0.05, 0) is 51.0 Å². The molecule has 1 amide bonds. The van der Waals surface area contributed by atoms with Crippen molar-refractivity contribution in [1.82, 2.24) is 0 Å². The van der Waals surface area contributed by atoms with Gasteiger partial charge in [0.1, 0.15) is 5.00 Å². The number of amides is 1. The molecule has 2 N–H and O–H groups in total. The standard InChI is InChI=1S/C19H23NO5S/c1-4-25-19(24)13-9(2)10(3)26-17(13)20-16(21)14-11-5-7-12(8-6-11)15(14)18(22)23/h5,7,11-12,14-15H,4,6,8H2,1-3H3,(H,20,21)(H,22,23)/t11-,12-,14-,15-/m0/s1. The number of anilines is 1. The molecule has 6 nitrogen and oxygen atoms in total. The summed E-state index contributed by atoms with van der Waals surface area (Å²) < 4.78 is 5.11. The lowest BCUT2D eigenvalue weighted by Gasteiger charge is -2.41. The van der Waals surface area contributed by atoms with Crippen molar-refractivity contribution in [3.8, 4) is 0 Å². The zero-order valence-corrected chi connectivity index (χ0v) is 15.9. The van der Waals surface area contributed by atoms with E-state index in [0.29, 0.717) is 10.6 Å². The van der Waals surface area contributed by atoms with Crippen molar-refractivity contribution < 1.29 is 24.2 Å². The molecule has 7 heteroatoms. The molecule has 3 aliphatic rings. The molecule has 1 fully saturated rings. The van der Waals surface area contributed by atoms with E-state index < -0.39 is 23.8 Å². The lowest BCUT2D eigenvalue weighted by Crippen LogP contribution is -2.47. The Balaban J connectivity index is 1.88. The first-order valence-corrected chi connectivity index (χ1v) is 9.65. The summed E-state index contributed by atoms with van der Waals surface area (Å²) in [6, 6.07) is 0. The van der Waals surface area contributed by atoms with Gasteiger partial charge in [0.2, 0.25) is 5.91 Å². The van der Waals surface area contributed by atoms with E-state index in [0.717, 1.165) is 23.3 Å². The van der Waals surface area contributed by atoms with Crippen LogP contribution in [0.25, 0.3) is 0 Å². The third-order valence-corrected chi connectivity index (χ3v) is 6.56. The van der Waals surface area contributed by atoms with Gasteiger partial charge in [0, 0.05) is 4.88 Å². The lowest BCUT2D eigenvalue weighted by molar-refractivity contribution is -0.151. The van der Waals surface area contributed by atoms with Gasteiger partial charge >= 0.3 is 11.9 Å². The number of carboxylic acids is 1. The minimum Gasteiger partial charge on any atom is -0.481 e. The Bertz CT molecular complexity index is 781. The Hall–Kier alpha value is -2.15. The number of ether oxygens (including phenoxy) is 1. The van der Waals surface area contributed by atoms with E-state index >= 15 is 0 Å². The molecule has 0 unspecified atom stereocenters. The monoisotopic (exact) mass is 377 g/mol. The second-order valence-electron chi connectivity index (χ2n) is 6.88. The molecule has 1 aromatic rings. The maximum absolute atomic E-state index is 13.0. The van der Waals surface area contributed by atoms with Gasteiger partial charge in [0.25, 0.3) is 0 Å². The summed E-state index contributed by atoms with van der Waals surface area (Å²) in [6.07, 6.45) is 5.51. The highest BCUT2D eigenvalue weighted by Crippen LogP contribution is 2.46. The van der Waals surface area contributed by atoms with E-state index in [1.165, 1.54) is 11.3 Å². The number of hydrogen-bond donors (Lipinski definition) is 2. The Morgan fingerprint density at radius 2 is 1.81 bits per heavy atom. The van der Waals surface area contributed by atoms with Gasteiger partial charge in [0.05, 0.1) is 24.0 Å². The molecule has 2 bridgehead atoms. The number of aliphatic carboxylic acids is 1. The number of fused-ring (bicyclic) bond motifs is 2. The van der Waals surface area contributed by atoms with Crippen LogP contribution in [0.1, 0.15) is 40.6 Å². The SMILES string of the molecule is CCOC(=O)c1c(NC(=O)[C@@H]2[C@@H](C(=O)O)[C@H]3C=C[C@H]2CC3)sc(C)c1C. The number of thiophene rings is 1. The zero-order chi connectivity index (χ0) is 19.0. The van der Waals surface area contributed by atoms with E-state index in [1.54, 1.807) is 6.92 Å². The average molecular weight is 377 g/mol. The summed E-state index contributed by atoms with van der Waals surface area (Å²) >= 11 is 1.32. The summed E-state index contributed by atoms with van der Waals surface area (Å²) in [4.78, 5) is 37.9. The molecule has 4 atom stereocenters. The fraction of sp³-hybridized carbons (Fsp3) is 0.526. The third-order valence-electron chi connectivity index (χ3n) is 5.44. The number of hydrogen-bond acceptors (Lipinski definition) is 5. The third kappa shape index (κ3) is 3.16. The molecule has 4 rings (SSSR count). The van der Waals surface area contributed by atoms with Crippen LogP contribution in [-0.4, -0.2) is 29.6 Å². The van der Waals surface area contributed by atoms with Crippen molar-refractivity contribution in [2.24, 2.45) is 23.7 Å². The first kappa shape index (κ1) is 18.6. The van der Waals surface area contributed by atoms with E-state index in [1.807, 2.05) is 26.0 Å². The van der Waals surface area contributed by atoms with Crippen molar-refractivity contribution in [2.75, 3.05) is 11.9 Å².